The molecule has 42 heavy (non-hydrogen) atoms. The quantitative estimate of drug-likeness (QED) is 0.172. The summed E-state index contributed by atoms with van der Waals surface area (Å²) in [7, 11) is 0. The third-order valence-corrected chi connectivity index (χ3v) is 9.89. The normalized spacial score (nSPS) is 15.3. The van der Waals surface area contributed by atoms with E-state index in [1.807, 2.05) is 79.7 Å². The summed E-state index contributed by atoms with van der Waals surface area (Å²) in [5, 5.41) is 5.70. The number of nitrogens with one attached hydrogen (secondary N) is 1. The van der Waals surface area contributed by atoms with E-state index in [2.05, 4.69) is 23.5 Å². The molecule has 2 aliphatic carbocycles. The highest BCUT2D eigenvalue weighted by Crippen LogP contribution is 2.49. The molecule has 0 aliphatic heterocycles. The third kappa shape index (κ3) is 4.64. The molecule has 2 aliphatic rings. The van der Waals surface area contributed by atoms with Gasteiger partial charge in [-0.1, -0.05) is 110 Å². The summed E-state index contributed by atoms with van der Waals surface area (Å²) in [6.45, 7) is 2.02. The van der Waals surface area contributed by atoms with Crippen LogP contribution in [0.25, 0.3) is 27.7 Å². The molecule has 1 fully saturated rings. The fraction of sp³-hybridized carbons (Fsp3) is 0.250. The number of amides is 1. The third-order valence-electron chi connectivity index (χ3n) is 8.95. The molecule has 0 atom stereocenters. The van der Waals surface area contributed by atoms with Crippen LogP contribution in [0.2, 0.25) is 0 Å². The molecular weight excluding hydrogens is 538 g/mol. The lowest BCUT2D eigenvalue weighted by atomic mass is 9.62. The molecule has 210 valence electrons. The highest BCUT2D eigenvalue weighted by molar-refractivity contribution is 7.99. The molecule has 1 N–H and O–H groups in total. The van der Waals surface area contributed by atoms with Gasteiger partial charge in [0.05, 0.1) is 22.7 Å². The van der Waals surface area contributed by atoms with Gasteiger partial charge < -0.3 is 5.32 Å². The number of carbonyl (C=O) groups excluding carboxylic acids is 1. The van der Waals surface area contributed by atoms with Crippen LogP contribution in [0.1, 0.15) is 48.8 Å². The fourth-order valence-corrected chi connectivity index (χ4v) is 7.76. The van der Waals surface area contributed by atoms with Crippen molar-refractivity contribution in [2.24, 2.45) is 0 Å². The van der Waals surface area contributed by atoms with Gasteiger partial charge in [0, 0.05) is 22.1 Å². The molecule has 6 heteroatoms. The number of rotatable bonds is 5. The molecule has 5 nitrogen and oxygen atoms in total. The largest absolute Gasteiger partial charge is 0.325 e. The standard InChI is InChI=1S/C36H33N3O2S/c1-24-12-3-8-19-30(24)39-34(41)32-33(28-17-7-5-14-26(28)22-36(32)20-9-2-10-21-36)38-35(39)42-23-31(40)37-29-18-11-15-25-13-4-6-16-27(25)29/h3-8,11-19H,2,9-10,20-23H2,1H3,(H,37,40). The van der Waals surface area contributed by atoms with Gasteiger partial charge in [-0.3, -0.25) is 14.2 Å². The predicted octanol–water partition coefficient (Wildman–Crippen LogP) is 7.85. The van der Waals surface area contributed by atoms with Gasteiger partial charge in [-0.2, -0.15) is 0 Å². The lowest BCUT2D eigenvalue weighted by molar-refractivity contribution is -0.113. The van der Waals surface area contributed by atoms with E-state index in [0.29, 0.717) is 5.16 Å². The van der Waals surface area contributed by atoms with E-state index < -0.39 is 0 Å². The van der Waals surface area contributed by atoms with Gasteiger partial charge in [-0.05, 0) is 54.8 Å². The Morgan fingerprint density at radius 2 is 1.64 bits per heavy atom. The predicted molar refractivity (Wildman–Crippen MR) is 172 cm³/mol. The number of benzene rings is 4. The van der Waals surface area contributed by atoms with Gasteiger partial charge in [0.15, 0.2) is 5.16 Å². The topological polar surface area (TPSA) is 64.0 Å². The molecule has 1 amide bonds. The number of aryl methyl sites for hydroxylation is 1. The first-order chi connectivity index (χ1) is 20.5. The minimum absolute atomic E-state index is 0.00247. The summed E-state index contributed by atoms with van der Waals surface area (Å²) >= 11 is 1.32. The Morgan fingerprint density at radius 3 is 2.50 bits per heavy atom. The second kappa shape index (κ2) is 10.9. The Hall–Kier alpha value is -4.16. The lowest BCUT2D eigenvalue weighted by Crippen LogP contribution is -2.43. The van der Waals surface area contributed by atoms with Crippen LogP contribution in [-0.2, 0) is 16.6 Å². The average Bonchev–Trinajstić information content (AvgIpc) is 3.01. The molecule has 1 spiro atoms. The number of hydrogen-bond donors (Lipinski definition) is 1. The lowest BCUT2D eigenvalue weighted by Gasteiger charge is -2.42. The second-order valence-electron chi connectivity index (χ2n) is 11.6. The van der Waals surface area contributed by atoms with Crippen LogP contribution in [-0.4, -0.2) is 21.2 Å². The van der Waals surface area contributed by atoms with Crippen LogP contribution < -0.4 is 10.9 Å². The maximum absolute atomic E-state index is 14.8. The first-order valence-electron chi connectivity index (χ1n) is 14.8. The first-order valence-corrected chi connectivity index (χ1v) is 15.7. The molecule has 1 aromatic heterocycles. The van der Waals surface area contributed by atoms with E-state index in [1.54, 1.807) is 4.57 Å². The van der Waals surface area contributed by atoms with Crippen LogP contribution in [0.15, 0.2) is 101 Å². The van der Waals surface area contributed by atoms with Crippen molar-refractivity contribution in [2.45, 2.75) is 56.0 Å². The van der Waals surface area contributed by atoms with Gasteiger partial charge >= 0.3 is 0 Å². The van der Waals surface area contributed by atoms with Crippen molar-refractivity contribution in [3.05, 3.63) is 118 Å². The van der Waals surface area contributed by atoms with Crippen LogP contribution in [0.5, 0.6) is 0 Å². The smallest absolute Gasteiger partial charge is 0.263 e. The van der Waals surface area contributed by atoms with Crippen molar-refractivity contribution in [1.29, 1.82) is 0 Å². The number of anilines is 1. The Kier molecular flexibility index (Phi) is 6.95. The second-order valence-corrected chi connectivity index (χ2v) is 12.5. The molecule has 1 saturated carbocycles. The molecule has 0 saturated heterocycles. The fourth-order valence-electron chi connectivity index (χ4n) is 6.96. The molecular formula is C36H33N3O2S. The zero-order chi connectivity index (χ0) is 28.7. The van der Waals surface area contributed by atoms with Crippen LogP contribution in [0.3, 0.4) is 0 Å². The Balaban J connectivity index is 1.33. The number of hydrogen-bond acceptors (Lipinski definition) is 4. The van der Waals surface area contributed by atoms with Crippen molar-refractivity contribution in [1.82, 2.24) is 9.55 Å². The van der Waals surface area contributed by atoms with Crippen LogP contribution in [0.4, 0.5) is 5.69 Å². The molecule has 0 radical (unpaired) electrons. The summed E-state index contributed by atoms with van der Waals surface area (Å²) < 4.78 is 1.77. The van der Waals surface area contributed by atoms with E-state index in [9.17, 15) is 9.59 Å². The van der Waals surface area contributed by atoms with Crippen molar-refractivity contribution in [3.63, 3.8) is 0 Å². The maximum Gasteiger partial charge on any atom is 0.263 e. The number of thioether (sulfide) groups is 1. The number of carbonyl (C=O) groups is 1. The van der Waals surface area contributed by atoms with Gasteiger partial charge in [-0.15, -0.1) is 0 Å². The summed E-state index contributed by atoms with van der Waals surface area (Å²) in [5.74, 6) is -0.00330. The minimum Gasteiger partial charge on any atom is -0.325 e. The first kappa shape index (κ1) is 26.7. The number of aromatic nitrogens is 2. The minimum atomic E-state index is -0.203. The molecule has 1 heterocycles. The molecule has 0 bridgehead atoms. The number of para-hydroxylation sites is 1. The summed E-state index contributed by atoms with van der Waals surface area (Å²) in [4.78, 5) is 33.3. The Morgan fingerprint density at radius 1 is 0.905 bits per heavy atom. The molecule has 4 aromatic carbocycles. The van der Waals surface area contributed by atoms with Gasteiger partial charge in [0.2, 0.25) is 5.91 Å². The van der Waals surface area contributed by atoms with Gasteiger partial charge in [0.1, 0.15) is 0 Å². The van der Waals surface area contributed by atoms with E-state index >= 15 is 0 Å². The number of nitrogens with zero attached hydrogens (tertiary/aromatic N) is 2. The molecule has 5 aromatic rings. The van der Waals surface area contributed by atoms with Crippen molar-refractivity contribution < 1.29 is 4.79 Å². The Labute approximate surface area is 250 Å². The highest BCUT2D eigenvalue weighted by atomic mass is 32.2. The summed E-state index contributed by atoms with van der Waals surface area (Å²) in [5.41, 5.74) is 6.35. The SMILES string of the molecule is Cc1ccccc1-n1c(SCC(=O)Nc2cccc3ccccc23)nc2c(c1=O)C1(CCCCC1)Cc1ccccc1-2. The van der Waals surface area contributed by atoms with Crippen LogP contribution in [0, 0.1) is 6.92 Å². The van der Waals surface area contributed by atoms with Gasteiger partial charge in [-0.25, -0.2) is 4.98 Å². The number of fused-ring (bicyclic) bond motifs is 5. The molecule has 7 rings (SSSR count). The van der Waals surface area contributed by atoms with Crippen molar-refractivity contribution in [3.8, 4) is 16.9 Å². The van der Waals surface area contributed by atoms with E-state index in [1.165, 1.54) is 23.7 Å². The zero-order valence-electron chi connectivity index (χ0n) is 23.7. The van der Waals surface area contributed by atoms with E-state index in [-0.39, 0.29) is 22.6 Å². The van der Waals surface area contributed by atoms with E-state index in [0.717, 1.165) is 76.6 Å². The monoisotopic (exact) mass is 571 g/mol. The average molecular weight is 572 g/mol. The maximum atomic E-state index is 14.8. The highest BCUT2D eigenvalue weighted by Gasteiger charge is 2.43. The van der Waals surface area contributed by atoms with Crippen molar-refractivity contribution in [2.75, 3.05) is 11.1 Å². The molecule has 0 unspecified atom stereocenters. The Bertz CT molecular complexity index is 1880. The van der Waals surface area contributed by atoms with Crippen LogP contribution >= 0.6 is 11.8 Å². The summed E-state index contributed by atoms with van der Waals surface area (Å²) in [6, 6.07) is 30.3. The van der Waals surface area contributed by atoms with Crippen molar-refractivity contribution >= 4 is 34.1 Å². The van der Waals surface area contributed by atoms with E-state index in [4.69, 9.17) is 4.98 Å². The van der Waals surface area contributed by atoms with Gasteiger partial charge in [0.25, 0.3) is 5.56 Å². The summed E-state index contributed by atoms with van der Waals surface area (Å²) in [6.07, 6.45) is 6.32. The zero-order valence-corrected chi connectivity index (χ0v) is 24.5.